The molecule has 23 heavy (non-hydrogen) atoms. The minimum absolute atomic E-state index is 0.0208. The molecule has 1 aromatic carbocycles. The first-order valence-electron chi connectivity index (χ1n) is 8.30. The normalized spacial score (nSPS) is 22.2. The largest absolute Gasteiger partial charge is 0.458 e. The van der Waals surface area contributed by atoms with Crippen molar-refractivity contribution < 1.29 is 14.0 Å². The van der Waals surface area contributed by atoms with Crippen molar-refractivity contribution in [3.05, 3.63) is 35.9 Å². The molecule has 0 amide bonds. The molecule has 4 nitrogen and oxygen atoms in total. The molecule has 0 unspecified atom stereocenters. The van der Waals surface area contributed by atoms with Gasteiger partial charge in [0.2, 0.25) is 0 Å². The number of carbonyl (C=O) groups excluding carboxylic acids is 1. The summed E-state index contributed by atoms with van der Waals surface area (Å²) in [7, 11) is -1.83. The van der Waals surface area contributed by atoms with E-state index in [0.717, 1.165) is 6.54 Å². The molecule has 0 bridgehead atoms. The van der Waals surface area contributed by atoms with Gasteiger partial charge >= 0.3 is 5.97 Å². The second kappa shape index (κ2) is 7.15. The van der Waals surface area contributed by atoms with Crippen LogP contribution in [0.15, 0.2) is 30.3 Å². The summed E-state index contributed by atoms with van der Waals surface area (Å²) in [5.74, 6) is -0.139. The number of carbonyl (C=O) groups is 1. The molecule has 0 radical (unpaired) electrons. The first-order valence-corrected chi connectivity index (χ1v) is 11.2. The monoisotopic (exact) mass is 335 g/mol. The summed E-state index contributed by atoms with van der Waals surface area (Å²) in [6.07, 6.45) is 0.221. The summed E-state index contributed by atoms with van der Waals surface area (Å²) in [5, 5.41) is 3.60. The average molecular weight is 336 g/mol. The van der Waals surface area contributed by atoms with Crippen molar-refractivity contribution in [2.75, 3.05) is 6.61 Å². The highest BCUT2D eigenvalue weighted by atomic mass is 28.4. The fourth-order valence-electron chi connectivity index (χ4n) is 2.32. The van der Waals surface area contributed by atoms with Crippen LogP contribution in [0.5, 0.6) is 0 Å². The van der Waals surface area contributed by atoms with Crippen molar-refractivity contribution >= 4 is 14.3 Å². The molecule has 0 saturated carbocycles. The molecular weight excluding hydrogens is 306 g/mol. The van der Waals surface area contributed by atoms with E-state index in [1.807, 2.05) is 18.2 Å². The van der Waals surface area contributed by atoms with E-state index in [0.29, 0.717) is 13.0 Å². The van der Waals surface area contributed by atoms with Gasteiger partial charge in [0.1, 0.15) is 6.10 Å². The van der Waals surface area contributed by atoms with Crippen LogP contribution in [0.1, 0.15) is 32.8 Å². The van der Waals surface area contributed by atoms with E-state index in [2.05, 4.69) is 51.3 Å². The zero-order valence-corrected chi connectivity index (χ0v) is 15.9. The minimum atomic E-state index is -1.83. The number of rotatable bonds is 6. The molecular formula is C18H29NO3Si. The van der Waals surface area contributed by atoms with Gasteiger partial charge in [0.15, 0.2) is 8.32 Å². The molecule has 5 heteroatoms. The van der Waals surface area contributed by atoms with Gasteiger partial charge in [0.05, 0.1) is 19.1 Å². The third-order valence-electron chi connectivity index (χ3n) is 4.94. The second-order valence-corrected chi connectivity index (χ2v) is 12.6. The molecule has 0 aromatic heterocycles. The topological polar surface area (TPSA) is 47.6 Å². The summed E-state index contributed by atoms with van der Waals surface area (Å²) in [6.45, 7) is 12.3. The molecule has 1 aromatic rings. The van der Waals surface area contributed by atoms with E-state index in [4.69, 9.17) is 9.16 Å². The molecule has 1 aliphatic heterocycles. The van der Waals surface area contributed by atoms with Gasteiger partial charge in [-0.1, -0.05) is 51.1 Å². The highest BCUT2D eigenvalue weighted by Crippen LogP contribution is 2.37. The maximum absolute atomic E-state index is 11.7. The number of cyclic esters (lactones) is 1. The Hall–Kier alpha value is -1.17. The van der Waals surface area contributed by atoms with E-state index in [9.17, 15) is 4.79 Å². The van der Waals surface area contributed by atoms with Gasteiger partial charge < -0.3 is 14.5 Å². The van der Waals surface area contributed by atoms with Gasteiger partial charge in [0.25, 0.3) is 0 Å². The SMILES string of the molecule is CC(C)(C)[Si](C)(C)OC[C@H]1OC(=O)C[C@@H]1NCc1ccccc1. The van der Waals surface area contributed by atoms with E-state index in [-0.39, 0.29) is 23.2 Å². The lowest BCUT2D eigenvalue weighted by Gasteiger charge is -2.37. The molecule has 0 spiro atoms. The van der Waals surface area contributed by atoms with Gasteiger partial charge in [-0.3, -0.25) is 4.79 Å². The van der Waals surface area contributed by atoms with Crippen molar-refractivity contribution in [3.63, 3.8) is 0 Å². The predicted molar refractivity (Wildman–Crippen MR) is 94.7 cm³/mol. The summed E-state index contributed by atoms with van der Waals surface area (Å²) in [4.78, 5) is 11.7. The number of esters is 1. The van der Waals surface area contributed by atoms with Crippen LogP contribution in [0.25, 0.3) is 0 Å². The van der Waals surface area contributed by atoms with E-state index < -0.39 is 8.32 Å². The summed E-state index contributed by atoms with van der Waals surface area (Å²) in [6, 6.07) is 10.2. The van der Waals surface area contributed by atoms with E-state index >= 15 is 0 Å². The third-order valence-corrected chi connectivity index (χ3v) is 9.44. The number of benzene rings is 1. The Labute approximate surface area is 140 Å². The Bertz CT molecular complexity index is 525. The fraction of sp³-hybridized carbons (Fsp3) is 0.611. The van der Waals surface area contributed by atoms with E-state index in [1.54, 1.807) is 0 Å². The number of hydrogen-bond donors (Lipinski definition) is 1. The lowest BCUT2D eigenvalue weighted by atomic mass is 10.1. The van der Waals surface area contributed by atoms with Crippen LogP contribution in [0, 0.1) is 0 Å². The molecule has 1 N–H and O–H groups in total. The number of hydrogen-bond acceptors (Lipinski definition) is 4. The number of ether oxygens (including phenoxy) is 1. The maximum atomic E-state index is 11.7. The summed E-state index contributed by atoms with van der Waals surface area (Å²) >= 11 is 0. The smallest absolute Gasteiger partial charge is 0.307 e. The maximum Gasteiger partial charge on any atom is 0.307 e. The quantitative estimate of drug-likeness (QED) is 0.639. The van der Waals surface area contributed by atoms with Crippen LogP contribution in [-0.4, -0.2) is 33.0 Å². The van der Waals surface area contributed by atoms with Crippen LogP contribution in [0.3, 0.4) is 0 Å². The van der Waals surface area contributed by atoms with Crippen LogP contribution in [-0.2, 0) is 20.5 Å². The lowest BCUT2D eigenvalue weighted by Crippen LogP contribution is -2.46. The van der Waals surface area contributed by atoms with Crippen molar-refractivity contribution in [1.29, 1.82) is 0 Å². The molecule has 128 valence electrons. The van der Waals surface area contributed by atoms with Crippen molar-refractivity contribution in [2.45, 2.75) is 64.0 Å². The molecule has 0 aliphatic carbocycles. The van der Waals surface area contributed by atoms with E-state index in [1.165, 1.54) is 5.56 Å². The van der Waals surface area contributed by atoms with Gasteiger partial charge in [-0.05, 0) is 23.7 Å². The average Bonchev–Trinajstić information content (AvgIpc) is 2.83. The molecule has 1 aliphatic rings. The molecule has 2 rings (SSSR count). The van der Waals surface area contributed by atoms with Gasteiger partial charge in [-0.25, -0.2) is 0 Å². The Kier molecular flexibility index (Phi) is 5.65. The van der Waals surface area contributed by atoms with Crippen molar-refractivity contribution in [2.24, 2.45) is 0 Å². The molecule has 2 atom stereocenters. The minimum Gasteiger partial charge on any atom is -0.458 e. The standard InChI is InChI=1S/C18H29NO3Si/c1-18(2,3)23(4,5)21-13-16-15(11-17(20)22-16)19-12-14-9-7-6-8-10-14/h6-10,15-16,19H,11-13H2,1-5H3/t15-,16+/m0/s1. The van der Waals surface area contributed by atoms with Gasteiger partial charge in [-0.15, -0.1) is 0 Å². The third kappa shape index (κ3) is 4.90. The van der Waals surface area contributed by atoms with Crippen LogP contribution < -0.4 is 5.32 Å². The first kappa shape index (κ1) is 18.2. The summed E-state index contributed by atoms with van der Waals surface area (Å²) in [5.41, 5.74) is 1.20. The van der Waals surface area contributed by atoms with Gasteiger partial charge in [0, 0.05) is 6.54 Å². The zero-order chi connectivity index (χ0) is 17.1. The first-order chi connectivity index (χ1) is 10.7. The Balaban J connectivity index is 1.90. The fourth-order valence-corrected chi connectivity index (χ4v) is 3.33. The van der Waals surface area contributed by atoms with Gasteiger partial charge in [-0.2, -0.15) is 0 Å². The highest BCUT2D eigenvalue weighted by Gasteiger charge is 2.40. The molecule has 1 saturated heterocycles. The second-order valence-electron chi connectivity index (χ2n) is 7.78. The van der Waals surface area contributed by atoms with Crippen LogP contribution >= 0.6 is 0 Å². The Morgan fingerprint density at radius 2 is 1.91 bits per heavy atom. The van der Waals surface area contributed by atoms with Crippen LogP contribution in [0.2, 0.25) is 18.1 Å². The molecule has 1 heterocycles. The lowest BCUT2D eigenvalue weighted by molar-refractivity contribution is -0.142. The predicted octanol–water partition coefficient (Wildman–Crippen LogP) is 3.48. The Morgan fingerprint density at radius 3 is 2.52 bits per heavy atom. The summed E-state index contributed by atoms with van der Waals surface area (Å²) < 4.78 is 11.7. The molecule has 1 fully saturated rings. The van der Waals surface area contributed by atoms with Crippen LogP contribution in [0.4, 0.5) is 0 Å². The Morgan fingerprint density at radius 1 is 1.26 bits per heavy atom. The highest BCUT2D eigenvalue weighted by molar-refractivity contribution is 6.74. The number of nitrogens with one attached hydrogen (secondary N) is 1. The van der Waals surface area contributed by atoms with Crippen molar-refractivity contribution in [1.82, 2.24) is 5.32 Å². The van der Waals surface area contributed by atoms with Crippen molar-refractivity contribution in [3.8, 4) is 0 Å². The zero-order valence-electron chi connectivity index (χ0n) is 14.9.